The van der Waals surface area contributed by atoms with E-state index >= 15 is 0 Å². The summed E-state index contributed by atoms with van der Waals surface area (Å²) in [6.07, 6.45) is 0. The second-order valence-corrected chi connectivity index (χ2v) is 12.5. The molecule has 0 aliphatic carbocycles. The Hall–Kier alpha value is 1.25. The normalized spacial score (nSPS) is 11.1. The molecule has 0 aromatic heterocycles. The van der Waals surface area contributed by atoms with E-state index in [1.54, 1.807) is 0 Å². The molecule has 0 fully saturated rings. The fourth-order valence-electron chi connectivity index (χ4n) is 0.254. The van der Waals surface area contributed by atoms with E-state index in [1.807, 2.05) is 20.8 Å². The first-order valence-electron chi connectivity index (χ1n) is 2.33. The molecule has 0 saturated heterocycles. The molecule has 48 valence electrons. The van der Waals surface area contributed by atoms with Crippen molar-refractivity contribution in [2.24, 2.45) is 2.92 Å². The van der Waals surface area contributed by atoms with Crippen LogP contribution in [0.3, 0.4) is 0 Å². The zero-order valence-electron chi connectivity index (χ0n) is 5.20. The molecule has 0 N–H and O–H groups in total. The van der Waals surface area contributed by atoms with Crippen LogP contribution in [0.5, 0.6) is 0 Å². The summed E-state index contributed by atoms with van der Waals surface area (Å²) in [6.45, 7) is 6.01. The third-order valence-electron chi connectivity index (χ3n) is 0.420. The van der Waals surface area contributed by atoms with Crippen LogP contribution in [0.4, 0.5) is 0 Å². The first kappa shape index (κ1) is 9.25. The summed E-state index contributed by atoms with van der Waals surface area (Å²) >= 11 is -2.33. The van der Waals surface area contributed by atoms with Gasteiger partial charge in [0.2, 0.25) is 0 Å². The van der Waals surface area contributed by atoms with E-state index in [-0.39, 0.29) is 5.54 Å². The molecule has 0 unspecified atom stereocenters. The monoisotopic (exact) mass is 321 g/mol. The van der Waals surface area contributed by atoms with Crippen molar-refractivity contribution in [1.29, 1.82) is 0 Å². The molecule has 0 heterocycles. The second-order valence-electron chi connectivity index (χ2n) is 2.52. The predicted molar refractivity (Wildman–Crippen MR) is 33.9 cm³/mol. The summed E-state index contributed by atoms with van der Waals surface area (Å²) in [4.78, 5) is 0. The van der Waals surface area contributed by atoms with Gasteiger partial charge in [0, 0.05) is 0 Å². The van der Waals surface area contributed by atoms with Crippen LogP contribution in [0.1, 0.15) is 20.8 Å². The van der Waals surface area contributed by atoms with E-state index in [1.165, 1.54) is 0 Å². The molecule has 0 aliphatic heterocycles. The van der Waals surface area contributed by atoms with E-state index in [4.69, 9.17) is 17.2 Å². The van der Waals surface area contributed by atoms with Crippen LogP contribution in [-0.2, 0) is 18.9 Å². The van der Waals surface area contributed by atoms with Crippen molar-refractivity contribution in [2.45, 2.75) is 26.3 Å². The zero-order chi connectivity index (χ0) is 6.78. The molecule has 8 heavy (non-hydrogen) atoms. The summed E-state index contributed by atoms with van der Waals surface area (Å²) in [5.41, 5.74) is -0.0222. The summed E-state index contributed by atoms with van der Waals surface area (Å²) in [7, 11) is 11.1. The number of rotatable bonds is 0. The molecule has 0 atom stereocenters. The Bertz CT molecular complexity index is 101. The van der Waals surface area contributed by atoms with Crippen LogP contribution in [0.2, 0.25) is 0 Å². The molecule has 4 heteroatoms. The first-order valence-corrected chi connectivity index (χ1v) is 12.8. The predicted octanol–water partition coefficient (Wildman–Crippen LogP) is 2.89. The SMILES string of the molecule is CC(C)(C)[N]=[Hf]([Cl])[Cl]. The first-order chi connectivity index (χ1) is 3.42. The molecule has 0 rings (SSSR count). The van der Waals surface area contributed by atoms with Gasteiger partial charge in [-0.3, -0.25) is 0 Å². The molecular weight excluding hydrogens is 311 g/mol. The van der Waals surface area contributed by atoms with Gasteiger partial charge < -0.3 is 0 Å². The molecule has 0 spiro atoms. The maximum absolute atomic E-state index is 5.57. The van der Waals surface area contributed by atoms with E-state index in [0.29, 0.717) is 0 Å². The minimum atomic E-state index is -2.33. The van der Waals surface area contributed by atoms with Crippen LogP contribution in [-0.4, -0.2) is 5.54 Å². The third-order valence-corrected chi connectivity index (χ3v) is 4.82. The van der Waals surface area contributed by atoms with Crippen molar-refractivity contribution >= 4 is 17.2 Å². The van der Waals surface area contributed by atoms with Crippen molar-refractivity contribution in [3.05, 3.63) is 0 Å². The topological polar surface area (TPSA) is 12.4 Å². The Kier molecular flexibility index (Phi) is 3.96. The summed E-state index contributed by atoms with van der Waals surface area (Å²) in [6, 6.07) is 0. The molecule has 0 saturated carbocycles. The number of hydrogen-bond donors (Lipinski definition) is 0. The molecule has 0 aromatic rings. The standard InChI is InChI=1S/C4H9N.2ClH.Hf/c1-4(2,3)5;;;/h1-3H3;2*1H;/q;;;+2/p-2. The van der Waals surface area contributed by atoms with Crippen LogP contribution in [0.15, 0.2) is 2.92 Å². The fraction of sp³-hybridized carbons (Fsp3) is 1.00. The van der Waals surface area contributed by atoms with Gasteiger partial charge >= 0.3 is 65.3 Å². The van der Waals surface area contributed by atoms with Gasteiger partial charge in [0.25, 0.3) is 0 Å². The maximum atomic E-state index is 5.57. The summed E-state index contributed by atoms with van der Waals surface area (Å²) in [5.74, 6) is 0. The minimum absolute atomic E-state index is 0.0222. The Morgan fingerprint density at radius 3 is 1.62 bits per heavy atom. The van der Waals surface area contributed by atoms with Crippen molar-refractivity contribution < 1.29 is 18.9 Å². The van der Waals surface area contributed by atoms with Crippen molar-refractivity contribution in [1.82, 2.24) is 0 Å². The van der Waals surface area contributed by atoms with Gasteiger partial charge in [-0.05, 0) is 0 Å². The molecular formula is C4H9Cl2HfN. The van der Waals surface area contributed by atoms with Gasteiger partial charge in [0.05, 0.1) is 0 Å². The van der Waals surface area contributed by atoms with Gasteiger partial charge in [-0.15, -0.1) is 0 Å². The number of hydrogen-bond acceptors (Lipinski definition) is 1. The van der Waals surface area contributed by atoms with E-state index in [9.17, 15) is 0 Å². The molecule has 0 amide bonds. The molecule has 0 aromatic carbocycles. The van der Waals surface area contributed by atoms with E-state index in [0.717, 1.165) is 0 Å². The van der Waals surface area contributed by atoms with Crippen LogP contribution >= 0.6 is 17.2 Å². The van der Waals surface area contributed by atoms with Gasteiger partial charge in [-0.25, -0.2) is 0 Å². The van der Waals surface area contributed by atoms with Gasteiger partial charge in [0.1, 0.15) is 0 Å². The van der Waals surface area contributed by atoms with Crippen molar-refractivity contribution in [3.63, 3.8) is 0 Å². The Balaban J connectivity index is 3.89. The van der Waals surface area contributed by atoms with Gasteiger partial charge in [-0.2, -0.15) is 0 Å². The average molecular weight is 321 g/mol. The molecule has 0 aliphatic rings. The Morgan fingerprint density at radius 1 is 1.25 bits per heavy atom. The Morgan fingerprint density at radius 2 is 1.62 bits per heavy atom. The zero-order valence-corrected chi connectivity index (χ0v) is 10.3. The summed E-state index contributed by atoms with van der Waals surface area (Å²) in [5, 5.41) is 0. The second kappa shape index (κ2) is 3.43. The van der Waals surface area contributed by atoms with Crippen LogP contribution < -0.4 is 0 Å². The van der Waals surface area contributed by atoms with Gasteiger partial charge in [0.15, 0.2) is 0 Å². The van der Waals surface area contributed by atoms with E-state index in [2.05, 4.69) is 2.92 Å². The Labute approximate surface area is 65.0 Å². The average Bonchev–Trinajstić information content (AvgIpc) is 1.21. The number of halogens is 2. The van der Waals surface area contributed by atoms with E-state index < -0.39 is 18.9 Å². The quantitative estimate of drug-likeness (QED) is 0.609. The summed E-state index contributed by atoms with van der Waals surface area (Å²) < 4.78 is 4.15. The number of nitrogens with zero attached hydrogens (tertiary/aromatic N) is 1. The third kappa shape index (κ3) is 7.25. The molecule has 1 nitrogen and oxygen atoms in total. The van der Waals surface area contributed by atoms with Crippen LogP contribution in [0, 0.1) is 0 Å². The fourth-order valence-corrected chi connectivity index (χ4v) is 6.23. The van der Waals surface area contributed by atoms with Crippen molar-refractivity contribution in [2.75, 3.05) is 0 Å². The molecule has 0 bridgehead atoms. The van der Waals surface area contributed by atoms with Crippen molar-refractivity contribution in [3.8, 4) is 0 Å². The van der Waals surface area contributed by atoms with Crippen LogP contribution in [0.25, 0.3) is 0 Å². The molecule has 0 radical (unpaired) electrons. The van der Waals surface area contributed by atoms with Gasteiger partial charge in [-0.1, -0.05) is 0 Å².